The van der Waals surface area contributed by atoms with E-state index in [0.29, 0.717) is 12.5 Å². The van der Waals surface area contributed by atoms with E-state index in [1.165, 1.54) is 11.1 Å². The Kier molecular flexibility index (Phi) is 3.90. The van der Waals surface area contributed by atoms with Crippen LogP contribution in [0.4, 0.5) is 10.5 Å². The summed E-state index contributed by atoms with van der Waals surface area (Å²) in [6.07, 6.45) is 5.67. The third kappa shape index (κ3) is 2.68. The molecule has 0 saturated carbocycles. The Morgan fingerprint density at radius 1 is 1.31 bits per heavy atom. The molecule has 2 saturated heterocycles. The van der Waals surface area contributed by atoms with Crippen molar-refractivity contribution in [2.75, 3.05) is 16.4 Å². The van der Waals surface area contributed by atoms with Crippen LogP contribution in [0.25, 0.3) is 0 Å². The standard InChI is InChI=1S/C18H20N4O3S/c23-18-22-15-2-1-13(12-3-7-26(24)8-4-12)9-14(15)10-16(22)17(25-18)11-21-6-5-19-20-21/h1-2,5-6,9,12,16-17H,3-4,7-8,10-11H2/t12?,16-,17-,26?/m0/s1. The Hall–Kier alpha value is -2.06. The lowest BCUT2D eigenvalue weighted by Gasteiger charge is -2.25. The summed E-state index contributed by atoms with van der Waals surface area (Å²) in [5, 5.41) is 7.80. The molecule has 0 unspecified atom stereocenters. The van der Waals surface area contributed by atoms with E-state index < -0.39 is 11.2 Å². The second kappa shape index (κ2) is 6.28. The minimum Gasteiger partial charge on any atom is -0.616 e. The molecule has 2 atom stereocenters. The van der Waals surface area contributed by atoms with Crippen molar-refractivity contribution >= 4 is 23.0 Å². The van der Waals surface area contributed by atoms with Gasteiger partial charge in [-0.05, 0) is 42.4 Å². The lowest BCUT2D eigenvalue weighted by atomic mass is 9.91. The number of fused-ring (bicyclic) bond motifs is 3. The fourth-order valence-electron chi connectivity index (χ4n) is 4.35. The van der Waals surface area contributed by atoms with E-state index in [0.717, 1.165) is 36.5 Å². The largest absolute Gasteiger partial charge is 0.616 e. The number of nitrogens with zero attached hydrogens (tertiary/aromatic N) is 4. The molecule has 0 spiro atoms. The average Bonchev–Trinajstić information content (AvgIpc) is 3.34. The van der Waals surface area contributed by atoms with Crippen LogP contribution in [-0.4, -0.2) is 49.3 Å². The fraction of sp³-hybridized carbons (Fsp3) is 0.500. The summed E-state index contributed by atoms with van der Waals surface area (Å²) in [7, 11) is 0. The van der Waals surface area contributed by atoms with E-state index >= 15 is 0 Å². The number of aromatic nitrogens is 3. The predicted molar refractivity (Wildman–Crippen MR) is 96.6 cm³/mol. The molecular weight excluding hydrogens is 352 g/mol. The highest BCUT2D eigenvalue weighted by Crippen LogP contribution is 2.41. The van der Waals surface area contributed by atoms with Crippen LogP contribution in [0.1, 0.15) is 29.9 Å². The molecule has 3 aliphatic heterocycles. The Morgan fingerprint density at radius 3 is 2.92 bits per heavy atom. The number of anilines is 1. The van der Waals surface area contributed by atoms with Crippen LogP contribution in [0.15, 0.2) is 30.6 Å². The van der Waals surface area contributed by atoms with Gasteiger partial charge in [0.15, 0.2) is 0 Å². The van der Waals surface area contributed by atoms with Crippen LogP contribution >= 0.6 is 0 Å². The van der Waals surface area contributed by atoms with E-state index in [-0.39, 0.29) is 18.2 Å². The average molecular weight is 372 g/mol. The van der Waals surface area contributed by atoms with Crippen molar-refractivity contribution < 1.29 is 14.1 Å². The Balaban J connectivity index is 1.37. The summed E-state index contributed by atoms with van der Waals surface area (Å²) in [5.74, 6) is 2.07. The van der Waals surface area contributed by atoms with Gasteiger partial charge in [0, 0.05) is 6.20 Å². The normalized spacial score (nSPS) is 30.2. The number of rotatable bonds is 3. The highest BCUT2D eigenvalue weighted by molar-refractivity contribution is 7.91. The summed E-state index contributed by atoms with van der Waals surface area (Å²) >= 11 is -0.646. The molecule has 3 aliphatic rings. The zero-order valence-electron chi connectivity index (χ0n) is 14.3. The first-order valence-corrected chi connectivity index (χ1v) is 10.5. The second-order valence-corrected chi connectivity index (χ2v) is 8.90. The quantitative estimate of drug-likeness (QED) is 0.768. The number of hydrogen-bond donors (Lipinski definition) is 0. The minimum absolute atomic E-state index is 0.0100. The summed E-state index contributed by atoms with van der Waals surface area (Å²) in [6.45, 7) is 0.516. The number of amides is 1. The number of cyclic esters (lactones) is 1. The summed E-state index contributed by atoms with van der Waals surface area (Å²) in [5.41, 5.74) is 3.48. The predicted octanol–water partition coefficient (Wildman–Crippen LogP) is 1.85. The molecular formula is C18H20N4O3S. The van der Waals surface area contributed by atoms with Gasteiger partial charge in [-0.3, -0.25) is 4.90 Å². The van der Waals surface area contributed by atoms with Gasteiger partial charge in [0.25, 0.3) is 0 Å². The molecule has 2 fully saturated rings. The van der Waals surface area contributed by atoms with Gasteiger partial charge in [0.2, 0.25) is 0 Å². The van der Waals surface area contributed by atoms with Crippen molar-refractivity contribution in [3.05, 3.63) is 41.7 Å². The van der Waals surface area contributed by atoms with Crippen LogP contribution < -0.4 is 4.90 Å². The van der Waals surface area contributed by atoms with Gasteiger partial charge in [0.05, 0.1) is 24.5 Å². The fourth-order valence-corrected chi connectivity index (χ4v) is 5.65. The summed E-state index contributed by atoms with van der Waals surface area (Å²) in [4.78, 5) is 14.2. The monoisotopic (exact) mass is 372 g/mol. The van der Waals surface area contributed by atoms with E-state index in [1.807, 2.05) is 0 Å². The van der Waals surface area contributed by atoms with Gasteiger partial charge >= 0.3 is 6.09 Å². The third-order valence-corrected chi connectivity index (χ3v) is 7.08. The lowest BCUT2D eigenvalue weighted by Crippen LogP contribution is -2.35. The molecule has 5 rings (SSSR count). The van der Waals surface area contributed by atoms with E-state index in [2.05, 4.69) is 28.5 Å². The second-order valence-electron chi connectivity index (χ2n) is 7.20. The molecule has 1 aromatic carbocycles. The first-order chi connectivity index (χ1) is 12.7. The molecule has 2 aromatic rings. The first-order valence-electron chi connectivity index (χ1n) is 9.01. The smallest absolute Gasteiger partial charge is 0.415 e. The van der Waals surface area contributed by atoms with Crippen LogP contribution in [0.2, 0.25) is 0 Å². The van der Waals surface area contributed by atoms with Crippen molar-refractivity contribution in [3.63, 3.8) is 0 Å². The number of carbonyl (C=O) groups is 1. The van der Waals surface area contributed by atoms with Crippen LogP contribution in [0.5, 0.6) is 0 Å². The SMILES string of the molecule is O=C1O[C@@H](Cn2ccnn2)[C@@H]2Cc3cc(C4CC[S+]([O-])CC4)ccc3N12. The molecule has 0 aliphatic carbocycles. The molecule has 0 radical (unpaired) electrons. The maximum atomic E-state index is 12.4. The lowest BCUT2D eigenvalue weighted by molar-refractivity contribution is 0.117. The Bertz CT molecular complexity index is 820. The molecule has 8 heteroatoms. The zero-order chi connectivity index (χ0) is 17.7. The highest BCUT2D eigenvalue weighted by atomic mass is 32.2. The van der Waals surface area contributed by atoms with Crippen molar-refractivity contribution in [2.24, 2.45) is 0 Å². The molecule has 26 heavy (non-hydrogen) atoms. The Morgan fingerprint density at radius 2 is 2.15 bits per heavy atom. The first kappa shape index (κ1) is 16.1. The van der Waals surface area contributed by atoms with Gasteiger partial charge in [0.1, 0.15) is 17.6 Å². The van der Waals surface area contributed by atoms with Crippen molar-refractivity contribution in [1.29, 1.82) is 0 Å². The molecule has 136 valence electrons. The van der Waals surface area contributed by atoms with Gasteiger partial charge in [-0.2, -0.15) is 0 Å². The maximum Gasteiger partial charge on any atom is 0.415 e. The highest BCUT2D eigenvalue weighted by Gasteiger charge is 2.47. The Labute approximate surface area is 154 Å². The van der Waals surface area contributed by atoms with E-state index in [1.54, 1.807) is 22.0 Å². The molecule has 7 nitrogen and oxygen atoms in total. The molecule has 1 aromatic heterocycles. The van der Waals surface area contributed by atoms with E-state index in [9.17, 15) is 9.35 Å². The maximum absolute atomic E-state index is 12.4. The molecule has 4 heterocycles. The third-order valence-electron chi connectivity index (χ3n) is 5.70. The van der Waals surface area contributed by atoms with Crippen LogP contribution in [-0.2, 0) is 28.9 Å². The van der Waals surface area contributed by atoms with Gasteiger partial charge < -0.3 is 9.29 Å². The van der Waals surface area contributed by atoms with E-state index in [4.69, 9.17) is 4.74 Å². The summed E-state index contributed by atoms with van der Waals surface area (Å²) < 4.78 is 18.9. The van der Waals surface area contributed by atoms with Crippen LogP contribution in [0, 0.1) is 0 Å². The number of hydrogen-bond acceptors (Lipinski definition) is 5. The van der Waals surface area contributed by atoms with Gasteiger partial charge in [-0.25, -0.2) is 9.48 Å². The molecule has 0 N–H and O–H groups in total. The van der Waals surface area contributed by atoms with Crippen LogP contribution in [0.3, 0.4) is 0 Å². The summed E-state index contributed by atoms with van der Waals surface area (Å²) in [6, 6.07) is 6.43. The number of benzene rings is 1. The van der Waals surface area contributed by atoms with Crippen molar-refractivity contribution in [2.45, 2.75) is 43.9 Å². The van der Waals surface area contributed by atoms with Crippen molar-refractivity contribution in [1.82, 2.24) is 15.0 Å². The topological polar surface area (TPSA) is 83.3 Å². The van der Waals surface area contributed by atoms with Gasteiger partial charge in [-0.1, -0.05) is 28.5 Å². The molecule has 0 bridgehead atoms. The zero-order valence-corrected chi connectivity index (χ0v) is 15.1. The minimum atomic E-state index is -0.646. The number of ether oxygens (including phenoxy) is 1. The number of carbonyl (C=O) groups excluding carboxylic acids is 1. The van der Waals surface area contributed by atoms with Crippen molar-refractivity contribution in [3.8, 4) is 0 Å². The van der Waals surface area contributed by atoms with Gasteiger partial charge in [-0.15, -0.1) is 5.10 Å². The molecule has 1 amide bonds.